The molecule has 1 aliphatic carbocycles. The van der Waals surface area contributed by atoms with Crippen LogP contribution in [0, 0.1) is 5.92 Å². The third-order valence-electron chi connectivity index (χ3n) is 5.95. The number of carbonyl (C=O) groups is 1. The predicted molar refractivity (Wildman–Crippen MR) is 132 cm³/mol. The maximum atomic E-state index is 11.8. The Labute approximate surface area is 193 Å². The molecule has 164 valence electrons. The Morgan fingerprint density at radius 1 is 1.31 bits per heavy atom. The van der Waals surface area contributed by atoms with Crippen LogP contribution in [0.15, 0.2) is 29.3 Å². The van der Waals surface area contributed by atoms with Gasteiger partial charge in [0.2, 0.25) is 0 Å². The molecule has 29 heavy (non-hydrogen) atoms. The zero-order chi connectivity index (χ0) is 20.6. The SMILES string of the molecule is CN=C(NCCc1cccc(C(=O)NC)c1)NCC1(N(C)C)CCCC(C)C1.I. The number of rotatable bonds is 7. The predicted octanol–water partition coefficient (Wildman–Crippen LogP) is 2.88. The van der Waals surface area contributed by atoms with Crippen molar-refractivity contribution in [2.45, 2.75) is 44.6 Å². The smallest absolute Gasteiger partial charge is 0.251 e. The summed E-state index contributed by atoms with van der Waals surface area (Å²) in [4.78, 5) is 18.5. The van der Waals surface area contributed by atoms with Crippen LogP contribution in [0.4, 0.5) is 0 Å². The molecule has 3 N–H and O–H groups in total. The summed E-state index contributed by atoms with van der Waals surface area (Å²) in [6.07, 6.45) is 5.89. The van der Waals surface area contributed by atoms with Crippen LogP contribution in [0.2, 0.25) is 0 Å². The highest BCUT2D eigenvalue weighted by Gasteiger charge is 2.36. The van der Waals surface area contributed by atoms with Gasteiger partial charge in [0.05, 0.1) is 0 Å². The number of benzene rings is 1. The van der Waals surface area contributed by atoms with Crippen LogP contribution in [-0.2, 0) is 6.42 Å². The fraction of sp³-hybridized carbons (Fsp3) is 0.636. The van der Waals surface area contributed by atoms with Crippen molar-refractivity contribution in [3.8, 4) is 0 Å². The molecule has 1 aromatic carbocycles. The zero-order valence-corrected chi connectivity index (χ0v) is 20.9. The van der Waals surface area contributed by atoms with Crippen molar-refractivity contribution in [2.75, 3.05) is 41.3 Å². The van der Waals surface area contributed by atoms with E-state index in [9.17, 15) is 4.79 Å². The molecule has 7 heteroatoms. The second kappa shape index (κ2) is 12.4. The quantitative estimate of drug-likeness (QED) is 0.297. The lowest BCUT2D eigenvalue weighted by Gasteiger charge is -2.45. The van der Waals surface area contributed by atoms with Crippen molar-refractivity contribution in [3.05, 3.63) is 35.4 Å². The van der Waals surface area contributed by atoms with Crippen molar-refractivity contribution in [1.82, 2.24) is 20.9 Å². The number of likely N-dealkylation sites (N-methyl/N-ethyl adjacent to an activating group) is 1. The molecule has 0 heterocycles. The third kappa shape index (κ3) is 7.44. The van der Waals surface area contributed by atoms with Gasteiger partial charge in [0.15, 0.2) is 5.96 Å². The first-order chi connectivity index (χ1) is 13.4. The van der Waals surface area contributed by atoms with Gasteiger partial charge in [-0.1, -0.05) is 31.9 Å². The summed E-state index contributed by atoms with van der Waals surface area (Å²) in [6.45, 7) is 4.02. The normalized spacial score (nSPS) is 22.0. The molecule has 6 nitrogen and oxygen atoms in total. The summed E-state index contributed by atoms with van der Waals surface area (Å²) in [7, 11) is 7.85. The number of halogens is 1. The minimum atomic E-state index is -0.0528. The fourth-order valence-electron chi connectivity index (χ4n) is 4.16. The van der Waals surface area contributed by atoms with Crippen LogP contribution in [-0.4, -0.2) is 63.6 Å². The lowest BCUT2D eigenvalue weighted by atomic mass is 9.75. The van der Waals surface area contributed by atoms with Gasteiger partial charge in [-0.2, -0.15) is 0 Å². The fourth-order valence-corrected chi connectivity index (χ4v) is 4.16. The number of nitrogens with one attached hydrogen (secondary N) is 3. The lowest BCUT2D eigenvalue weighted by molar-refractivity contribution is 0.0796. The molecule has 2 rings (SSSR count). The Bertz CT molecular complexity index is 679. The minimum Gasteiger partial charge on any atom is -0.356 e. The Balaban J connectivity index is 0.00000420. The molecule has 1 amide bonds. The van der Waals surface area contributed by atoms with Gasteiger partial charge in [-0.25, -0.2) is 0 Å². The van der Waals surface area contributed by atoms with Crippen molar-refractivity contribution in [1.29, 1.82) is 0 Å². The summed E-state index contributed by atoms with van der Waals surface area (Å²) in [6, 6.07) is 7.76. The van der Waals surface area contributed by atoms with Gasteiger partial charge in [0.25, 0.3) is 5.91 Å². The number of amides is 1. The van der Waals surface area contributed by atoms with Gasteiger partial charge in [-0.3, -0.25) is 9.79 Å². The molecule has 0 spiro atoms. The largest absolute Gasteiger partial charge is 0.356 e. The Morgan fingerprint density at radius 2 is 2.07 bits per heavy atom. The van der Waals surface area contributed by atoms with E-state index >= 15 is 0 Å². The van der Waals surface area contributed by atoms with Crippen molar-refractivity contribution < 1.29 is 4.79 Å². The van der Waals surface area contributed by atoms with Crippen molar-refractivity contribution in [3.63, 3.8) is 0 Å². The molecule has 0 saturated heterocycles. The average molecular weight is 515 g/mol. The van der Waals surface area contributed by atoms with E-state index in [4.69, 9.17) is 0 Å². The second-order valence-corrected chi connectivity index (χ2v) is 8.20. The van der Waals surface area contributed by atoms with Crippen LogP contribution in [0.25, 0.3) is 0 Å². The first-order valence-corrected chi connectivity index (χ1v) is 10.3. The minimum absolute atomic E-state index is 0. The highest BCUT2D eigenvalue weighted by atomic mass is 127. The van der Waals surface area contributed by atoms with Gasteiger partial charge in [-0.05, 0) is 57.0 Å². The molecule has 1 saturated carbocycles. The van der Waals surface area contributed by atoms with Crippen LogP contribution < -0.4 is 16.0 Å². The third-order valence-corrected chi connectivity index (χ3v) is 5.95. The molecule has 1 fully saturated rings. The van der Waals surface area contributed by atoms with Gasteiger partial charge < -0.3 is 20.9 Å². The number of aliphatic imine (C=N–C) groups is 1. The monoisotopic (exact) mass is 515 g/mol. The summed E-state index contributed by atoms with van der Waals surface area (Å²) in [5.74, 6) is 1.55. The Hall–Kier alpha value is -1.35. The van der Waals surface area contributed by atoms with Crippen LogP contribution in [0.3, 0.4) is 0 Å². The van der Waals surface area contributed by atoms with E-state index in [2.05, 4.69) is 52.9 Å². The molecule has 1 aromatic rings. The summed E-state index contributed by atoms with van der Waals surface area (Å²) in [5.41, 5.74) is 2.02. The summed E-state index contributed by atoms with van der Waals surface area (Å²) >= 11 is 0. The Morgan fingerprint density at radius 3 is 2.69 bits per heavy atom. The molecule has 2 atom stereocenters. The topological polar surface area (TPSA) is 68.8 Å². The lowest BCUT2D eigenvalue weighted by Crippen LogP contribution is -2.56. The van der Waals surface area contributed by atoms with Crippen molar-refractivity contribution in [2.24, 2.45) is 10.9 Å². The first-order valence-electron chi connectivity index (χ1n) is 10.3. The molecular formula is C22H38IN5O. The van der Waals surface area contributed by atoms with Gasteiger partial charge >= 0.3 is 0 Å². The van der Waals surface area contributed by atoms with Crippen molar-refractivity contribution >= 4 is 35.8 Å². The van der Waals surface area contributed by atoms with Gasteiger partial charge in [0, 0.05) is 38.3 Å². The van der Waals surface area contributed by atoms with E-state index in [0.717, 1.165) is 37.0 Å². The Kier molecular flexibility index (Phi) is 11.0. The molecule has 1 aliphatic rings. The molecular weight excluding hydrogens is 477 g/mol. The van der Waals surface area contributed by atoms with E-state index in [-0.39, 0.29) is 35.4 Å². The van der Waals surface area contributed by atoms with E-state index in [0.29, 0.717) is 5.56 Å². The number of hydrogen-bond acceptors (Lipinski definition) is 3. The number of guanidine groups is 1. The molecule has 0 aliphatic heterocycles. The van der Waals surface area contributed by atoms with Crippen LogP contribution in [0.5, 0.6) is 0 Å². The van der Waals surface area contributed by atoms with E-state index in [1.807, 2.05) is 25.2 Å². The summed E-state index contributed by atoms with van der Waals surface area (Å²) < 4.78 is 0. The maximum Gasteiger partial charge on any atom is 0.251 e. The zero-order valence-electron chi connectivity index (χ0n) is 18.5. The summed E-state index contributed by atoms with van der Waals surface area (Å²) in [5, 5.41) is 9.62. The van der Waals surface area contributed by atoms with Gasteiger partial charge in [0.1, 0.15) is 0 Å². The number of hydrogen-bond donors (Lipinski definition) is 3. The maximum absolute atomic E-state index is 11.8. The van der Waals surface area contributed by atoms with Crippen LogP contribution >= 0.6 is 24.0 Å². The van der Waals surface area contributed by atoms with E-state index in [1.165, 1.54) is 25.7 Å². The number of nitrogens with zero attached hydrogens (tertiary/aromatic N) is 2. The van der Waals surface area contributed by atoms with Crippen LogP contribution in [0.1, 0.15) is 48.5 Å². The first kappa shape index (κ1) is 25.7. The standard InChI is InChI=1S/C22H37N5O.HI/c1-17-8-7-12-22(15-17,27(4)5)16-26-21(24-3)25-13-11-18-9-6-10-19(14-18)20(28)23-2;/h6,9-10,14,17H,7-8,11-13,15-16H2,1-5H3,(H,23,28)(H2,24,25,26);1H. The number of carbonyl (C=O) groups excluding carboxylic acids is 1. The molecule has 2 unspecified atom stereocenters. The highest BCUT2D eigenvalue weighted by molar-refractivity contribution is 14.0. The molecule has 0 radical (unpaired) electrons. The molecule has 0 aromatic heterocycles. The van der Waals surface area contributed by atoms with E-state index < -0.39 is 0 Å². The second-order valence-electron chi connectivity index (χ2n) is 8.20. The van der Waals surface area contributed by atoms with Gasteiger partial charge in [-0.15, -0.1) is 24.0 Å². The highest BCUT2D eigenvalue weighted by Crippen LogP contribution is 2.35. The molecule has 0 bridgehead atoms. The van der Waals surface area contributed by atoms with E-state index in [1.54, 1.807) is 7.05 Å². The average Bonchev–Trinajstić information content (AvgIpc) is 2.70.